The van der Waals surface area contributed by atoms with E-state index in [4.69, 9.17) is 4.74 Å². The molecule has 0 aliphatic heterocycles. The average molecular weight is 349 g/mol. The van der Waals surface area contributed by atoms with Crippen LogP contribution in [0.2, 0.25) is 0 Å². The predicted molar refractivity (Wildman–Crippen MR) is 94.5 cm³/mol. The van der Waals surface area contributed by atoms with Crippen molar-refractivity contribution >= 4 is 28.3 Å². The fourth-order valence-corrected chi connectivity index (χ4v) is 3.47. The van der Waals surface area contributed by atoms with Crippen LogP contribution in [0.4, 0.5) is 5.13 Å². The highest BCUT2D eigenvalue weighted by Crippen LogP contribution is 2.31. The summed E-state index contributed by atoms with van der Waals surface area (Å²) in [6.45, 7) is 7.93. The van der Waals surface area contributed by atoms with E-state index in [1.54, 1.807) is 0 Å². The summed E-state index contributed by atoms with van der Waals surface area (Å²) in [5, 5.41) is 3.26. The Morgan fingerprint density at radius 3 is 2.33 bits per heavy atom. The molecule has 0 bridgehead atoms. The van der Waals surface area contributed by atoms with Gasteiger partial charge in [0.2, 0.25) is 5.91 Å². The highest BCUT2D eigenvalue weighted by molar-refractivity contribution is 7.16. The van der Waals surface area contributed by atoms with E-state index in [0.29, 0.717) is 5.13 Å². The highest BCUT2D eigenvalue weighted by atomic mass is 32.1. The summed E-state index contributed by atoms with van der Waals surface area (Å²) in [7, 11) is 1.32. The average Bonchev–Trinajstić information content (AvgIpc) is 3.16. The lowest BCUT2D eigenvalue weighted by molar-refractivity contribution is -0.120. The van der Waals surface area contributed by atoms with Gasteiger partial charge in [0.15, 0.2) is 10.8 Å². The zero-order valence-electron chi connectivity index (χ0n) is 14.6. The number of anilines is 1. The zero-order valence-corrected chi connectivity index (χ0v) is 15.4. The van der Waals surface area contributed by atoms with Crippen molar-refractivity contribution in [2.24, 2.45) is 5.92 Å². The molecule has 0 spiro atoms. The first-order valence-corrected chi connectivity index (χ1v) is 8.69. The van der Waals surface area contributed by atoms with Gasteiger partial charge in [0, 0.05) is 17.3 Å². The van der Waals surface area contributed by atoms with Crippen LogP contribution >= 0.6 is 11.3 Å². The van der Waals surface area contributed by atoms with E-state index in [2.05, 4.69) is 10.3 Å². The lowest BCUT2D eigenvalue weighted by Crippen LogP contribution is -2.29. The minimum absolute atomic E-state index is 0.113. The standard InChI is InChI=1S/C17H23N3O3S/c1-10(2)13(20-8-6-7-9-20)15(21)19-17-18-12(16(22)23-5)14(24-17)11(3)4/h6-11,13H,1-5H3,(H,18,19,21)/t13-/m1/s1. The van der Waals surface area contributed by atoms with Crippen LogP contribution in [0.5, 0.6) is 0 Å². The first-order chi connectivity index (χ1) is 11.3. The quantitative estimate of drug-likeness (QED) is 0.807. The van der Waals surface area contributed by atoms with Gasteiger partial charge in [-0.15, -0.1) is 11.3 Å². The molecule has 0 aliphatic carbocycles. The molecule has 0 aliphatic rings. The number of esters is 1. The third kappa shape index (κ3) is 3.84. The number of thiazole rings is 1. The topological polar surface area (TPSA) is 73.2 Å². The summed E-state index contributed by atoms with van der Waals surface area (Å²) in [6, 6.07) is 3.43. The number of nitrogens with zero attached hydrogens (tertiary/aromatic N) is 2. The van der Waals surface area contributed by atoms with Crippen molar-refractivity contribution in [3.63, 3.8) is 0 Å². The van der Waals surface area contributed by atoms with Gasteiger partial charge < -0.3 is 14.6 Å². The van der Waals surface area contributed by atoms with E-state index >= 15 is 0 Å². The molecule has 0 fully saturated rings. The molecule has 1 amide bonds. The van der Waals surface area contributed by atoms with Crippen LogP contribution in [0.3, 0.4) is 0 Å². The van der Waals surface area contributed by atoms with Crippen LogP contribution < -0.4 is 5.32 Å². The number of methoxy groups -OCH3 is 1. The Kier molecular flexibility index (Phi) is 5.77. The van der Waals surface area contributed by atoms with Crippen molar-refractivity contribution in [2.45, 2.75) is 39.7 Å². The molecular weight excluding hydrogens is 326 g/mol. The highest BCUT2D eigenvalue weighted by Gasteiger charge is 2.26. The summed E-state index contributed by atoms with van der Waals surface area (Å²) in [5.41, 5.74) is 0.273. The van der Waals surface area contributed by atoms with Crippen LogP contribution in [-0.4, -0.2) is 28.5 Å². The van der Waals surface area contributed by atoms with Crippen molar-refractivity contribution in [2.75, 3.05) is 12.4 Å². The van der Waals surface area contributed by atoms with Crippen molar-refractivity contribution in [3.8, 4) is 0 Å². The number of hydrogen-bond acceptors (Lipinski definition) is 5. The molecule has 0 aromatic carbocycles. The smallest absolute Gasteiger partial charge is 0.357 e. The SMILES string of the molecule is COC(=O)c1nc(NC(=O)[C@@H](C(C)C)n2cccc2)sc1C(C)C. The molecule has 0 saturated heterocycles. The van der Waals surface area contributed by atoms with Gasteiger partial charge in [-0.2, -0.15) is 0 Å². The van der Waals surface area contributed by atoms with Crippen molar-refractivity contribution in [1.82, 2.24) is 9.55 Å². The number of hydrogen-bond donors (Lipinski definition) is 1. The molecule has 0 radical (unpaired) electrons. The Bertz CT molecular complexity index is 705. The number of aromatic nitrogens is 2. The number of carbonyl (C=O) groups is 2. The van der Waals surface area contributed by atoms with E-state index in [1.165, 1.54) is 18.4 Å². The molecule has 130 valence electrons. The number of amides is 1. The van der Waals surface area contributed by atoms with Gasteiger partial charge in [0.1, 0.15) is 6.04 Å². The number of carbonyl (C=O) groups excluding carboxylic acids is 2. The fraction of sp³-hybridized carbons (Fsp3) is 0.471. The molecule has 1 N–H and O–H groups in total. The van der Waals surface area contributed by atoms with Crippen LogP contribution in [0.15, 0.2) is 24.5 Å². The summed E-state index contributed by atoms with van der Waals surface area (Å²) in [6.07, 6.45) is 3.73. The molecule has 24 heavy (non-hydrogen) atoms. The largest absolute Gasteiger partial charge is 0.464 e. The van der Waals surface area contributed by atoms with E-state index in [-0.39, 0.29) is 29.5 Å². The molecule has 2 aromatic rings. The Balaban J connectivity index is 2.26. The van der Waals surface area contributed by atoms with Crippen molar-refractivity contribution < 1.29 is 14.3 Å². The predicted octanol–water partition coefficient (Wildman–Crippen LogP) is 3.69. The maximum atomic E-state index is 12.7. The Hall–Kier alpha value is -2.15. The first-order valence-electron chi connectivity index (χ1n) is 7.87. The number of rotatable bonds is 6. The van der Waals surface area contributed by atoms with Gasteiger partial charge in [0.25, 0.3) is 0 Å². The molecule has 2 rings (SSSR count). The van der Waals surface area contributed by atoms with Crippen LogP contribution in [0, 0.1) is 5.92 Å². The van der Waals surface area contributed by atoms with Gasteiger partial charge in [-0.25, -0.2) is 9.78 Å². The molecule has 2 heterocycles. The van der Waals surface area contributed by atoms with E-state index in [0.717, 1.165) is 4.88 Å². The summed E-state index contributed by atoms with van der Waals surface area (Å²) in [4.78, 5) is 29.6. The number of ether oxygens (including phenoxy) is 1. The van der Waals surface area contributed by atoms with Crippen molar-refractivity contribution in [1.29, 1.82) is 0 Å². The van der Waals surface area contributed by atoms with Gasteiger partial charge >= 0.3 is 5.97 Å². The zero-order chi connectivity index (χ0) is 17.9. The molecule has 1 atom stereocenters. The van der Waals surface area contributed by atoms with Gasteiger partial charge in [0.05, 0.1) is 7.11 Å². The second-order valence-electron chi connectivity index (χ2n) is 6.19. The van der Waals surface area contributed by atoms with Crippen LogP contribution in [0.25, 0.3) is 0 Å². The summed E-state index contributed by atoms with van der Waals surface area (Å²) >= 11 is 1.31. The monoisotopic (exact) mass is 349 g/mol. The third-order valence-electron chi connectivity index (χ3n) is 3.64. The summed E-state index contributed by atoms with van der Waals surface area (Å²) in [5.74, 6) is -0.405. The van der Waals surface area contributed by atoms with E-state index in [1.807, 2.05) is 56.8 Å². The molecule has 7 heteroatoms. The van der Waals surface area contributed by atoms with E-state index < -0.39 is 5.97 Å². The fourth-order valence-electron chi connectivity index (χ4n) is 2.51. The summed E-state index contributed by atoms with van der Waals surface area (Å²) < 4.78 is 6.65. The van der Waals surface area contributed by atoms with E-state index in [9.17, 15) is 9.59 Å². The molecule has 0 unspecified atom stereocenters. The van der Waals surface area contributed by atoms with Gasteiger partial charge in [-0.1, -0.05) is 27.7 Å². The van der Waals surface area contributed by atoms with Crippen LogP contribution in [-0.2, 0) is 9.53 Å². The van der Waals surface area contributed by atoms with Gasteiger partial charge in [-0.05, 0) is 24.0 Å². The Morgan fingerprint density at radius 1 is 1.21 bits per heavy atom. The van der Waals surface area contributed by atoms with Crippen LogP contribution in [0.1, 0.15) is 55.0 Å². The lowest BCUT2D eigenvalue weighted by Gasteiger charge is -2.21. The molecule has 2 aromatic heterocycles. The maximum Gasteiger partial charge on any atom is 0.357 e. The lowest BCUT2D eigenvalue weighted by atomic mass is 10.0. The Labute approximate surface area is 145 Å². The first kappa shape index (κ1) is 18.2. The number of nitrogens with one attached hydrogen (secondary N) is 1. The third-order valence-corrected chi connectivity index (χ3v) is 4.91. The van der Waals surface area contributed by atoms with Gasteiger partial charge in [-0.3, -0.25) is 4.79 Å². The minimum atomic E-state index is -0.485. The Morgan fingerprint density at radius 2 is 1.83 bits per heavy atom. The molecule has 6 nitrogen and oxygen atoms in total. The maximum absolute atomic E-state index is 12.7. The molecule has 0 saturated carbocycles. The minimum Gasteiger partial charge on any atom is -0.464 e. The van der Waals surface area contributed by atoms with Crippen molar-refractivity contribution in [3.05, 3.63) is 35.1 Å². The molecular formula is C17H23N3O3S. The normalized spacial score (nSPS) is 12.5. The second kappa shape index (κ2) is 7.61. The second-order valence-corrected chi connectivity index (χ2v) is 7.22.